The molecule has 0 aliphatic rings. The molecule has 0 aliphatic carbocycles. The molecule has 8 nitrogen and oxygen atoms in total. The zero-order valence-electron chi connectivity index (χ0n) is 17.6. The van der Waals surface area contributed by atoms with E-state index >= 15 is 0 Å². The van der Waals surface area contributed by atoms with Gasteiger partial charge < -0.3 is 27.9 Å². The summed E-state index contributed by atoms with van der Waals surface area (Å²) in [6, 6.07) is 10.9. The van der Waals surface area contributed by atoms with Crippen LogP contribution >= 0.6 is 11.3 Å². The number of methoxy groups -OCH3 is 4. The predicted octanol–water partition coefficient (Wildman–Crippen LogP) is 3.86. The molecule has 0 aliphatic heterocycles. The van der Waals surface area contributed by atoms with Crippen LogP contribution in [0.1, 0.15) is 10.6 Å². The van der Waals surface area contributed by atoms with Crippen molar-refractivity contribution in [2.75, 3.05) is 35.0 Å². The molecule has 0 unspecified atom stereocenters. The van der Waals surface area contributed by atoms with E-state index in [1.165, 1.54) is 11.3 Å². The molecule has 2 aromatic carbocycles. The summed E-state index contributed by atoms with van der Waals surface area (Å²) in [5, 5.41) is 0.774. The second kappa shape index (κ2) is 8.83. The second-order valence-corrected chi connectivity index (χ2v) is 7.62. The Balaban J connectivity index is 1.84. The van der Waals surface area contributed by atoms with Gasteiger partial charge >= 0.3 is 5.91 Å². The third-order valence-corrected chi connectivity index (χ3v) is 5.88. The number of rotatable bonds is 7. The zero-order valence-corrected chi connectivity index (χ0v) is 18.4. The highest BCUT2D eigenvalue weighted by Crippen LogP contribution is 2.33. The van der Waals surface area contributed by atoms with E-state index in [1.54, 1.807) is 40.6 Å². The van der Waals surface area contributed by atoms with Crippen LogP contribution in [0.4, 0.5) is 0 Å². The van der Waals surface area contributed by atoms with Crippen molar-refractivity contribution in [3.05, 3.63) is 47.0 Å². The largest absolute Gasteiger partial charge is 0.493 e. The predicted molar refractivity (Wildman–Crippen MR) is 117 cm³/mol. The number of ether oxygens (including phenoxy) is 4. The van der Waals surface area contributed by atoms with E-state index in [0.717, 1.165) is 15.6 Å². The lowest BCUT2D eigenvalue weighted by Gasteiger charge is -2.09. The molecule has 2 heterocycles. The van der Waals surface area contributed by atoms with Gasteiger partial charge in [0.2, 0.25) is 0 Å². The number of hydrogen-bond donors (Lipinski definition) is 0. The highest BCUT2D eigenvalue weighted by Gasteiger charge is 2.17. The average Bonchev–Trinajstić information content (AvgIpc) is 3.37. The van der Waals surface area contributed by atoms with Crippen LogP contribution < -0.4 is 19.0 Å². The van der Waals surface area contributed by atoms with Gasteiger partial charge in [0.05, 0.1) is 38.2 Å². The number of thiazole rings is 1. The van der Waals surface area contributed by atoms with E-state index in [4.69, 9.17) is 23.4 Å². The fourth-order valence-electron chi connectivity index (χ4n) is 3.33. The maximum Gasteiger partial charge on any atom is 0.315 e. The van der Waals surface area contributed by atoms with Gasteiger partial charge in [-0.25, -0.2) is 0 Å². The van der Waals surface area contributed by atoms with Gasteiger partial charge in [0.15, 0.2) is 33.4 Å². The average molecular weight is 442 g/mol. The van der Waals surface area contributed by atoms with Gasteiger partial charge in [-0.2, -0.15) is 4.99 Å². The third kappa shape index (κ3) is 3.89. The minimum atomic E-state index is -0.477. The van der Waals surface area contributed by atoms with Crippen LogP contribution in [0.5, 0.6) is 17.2 Å². The lowest BCUT2D eigenvalue weighted by atomic mass is 10.2. The molecule has 0 atom stereocenters. The normalized spacial score (nSPS) is 11.9. The molecular formula is C22H22N2O6S. The van der Waals surface area contributed by atoms with Crippen molar-refractivity contribution in [1.82, 2.24) is 4.57 Å². The number of fused-ring (bicyclic) bond motifs is 2. The number of carbonyl (C=O) groups is 1. The molecule has 0 N–H and O–H groups in total. The summed E-state index contributed by atoms with van der Waals surface area (Å²) in [5.74, 6) is 1.44. The summed E-state index contributed by atoms with van der Waals surface area (Å²) in [7, 11) is 6.35. The number of aromatic nitrogens is 1. The quantitative estimate of drug-likeness (QED) is 0.432. The number of benzene rings is 2. The van der Waals surface area contributed by atoms with Crippen LogP contribution in [0.15, 0.2) is 45.8 Å². The lowest BCUT2D eigenvalue weighted by molar-refractivity contribution is 0.0973. The number of para-hydroxylation sites is 1. The monoisotopic (exact) mass is 442 g/mol. The molecule has 31 heavy (non-hydrogen) atoms. The first-order valence-electron chi connectivity index (χ1n) is 9.49. The summed E-state index contributed by atoms with van der Waals surface area (Å²) in [5.41, 5.74) is 1.39. The van der Waals surface area contributed by atoms with E-state index in [-0.39, 0.29) is 5.76 Å². The van der Waals surface area contributed by atoms with Gasteiger partial charge in [-0.05, 0) is 12.1 Å². The van der Waals surface area contributed by atoms with Crippen molar-refractivity contribution in [3.8, 4) is 17.2 Å². The maximum atomic E-state index is 12.9. The first-order valence-corrected chi connectivity index (χ1v) is 10.3. The van der Waals surface area contributed by atoms with Gasteiger partial charge in [-0.15, -0.1) is 0 Å². The van der Waals surface area contributed by atoms with Crippen LogP contribution in [-0.2, 0) is 11.3 Å². The maximum absolute atomic E-state index is 12.9. The third-order valence-electron chi connectivity index (χ3n) is 4.84. The minimum Gasteiger partial charge on any atom is -0.493 e. The molecule has 0 saturated heterocycles. The lowest BCUT2D eigenvalue weighted by Crippen LogP contribution is -2.19. The Labute approximate surface area is 182 Å². The second-order valence-electron chi connectivity index (χ2n) is 6.61. The Morgan fingerprint density at radius 2 is 1.77 bits per heavy atom. The van der Waals surface area contributed by atoms with Crippen LogP contribution in [0, 0.1) is 0 Å². The smallest absolute Gasteiger partial charge is 0.315 e. The molecule has 0 bridgehead atoms. The Kier molecular flexibility index (Phi) is 5.97. The molecule has 2 aromatic heterocycles. The minimum absolute atomic E-state index is 0.144. The highest BCUT2D eigenvalue weighted by atomic mass is 32.1. The van der Waals surface area contributed by atoms with Crippen molar-refractivity contribution < 1.29 is 28.2 Å². The van der Waals surface area contributed by atoms with Crippen LogP contribution in [0.2, 0.25) is 0 Å². The fraction of sp³-hybridized carbons (Fsp3) is 0.273. The summed E-state index contributed by atoms with van der Waals surface area (Å²) >= 11 is 1.38. The van der Waals surface area contributed by atoms with E-state index < -0.39 is 5.91 Å². The van der Waals surface area contributed by atoms with Gasteiger partial charge in [0.25, 0.3) is 0 Å². The van der Waals surface area contributed by atoms with E-state index in [9.17, 15) is 4.79 Å². The van der Waals surface area contributed by atoms with Crippen molar-refractivity contribution >= 4 is 38.4 Å². The summed E-state index contributed by atoms with van der Waals surface area (Å²) < 4.78 is 30.0. The van der Waals surface area contributed by atoms with Gasteiger partial charge in [-0.1, -0.05) is 23.5 Å². The van der Waals surface area contributed by atoms with Crippen LogP contribution in [0.3, 0.4) is 0 Å². The molecule has 162 valence electrons. The van der Waals surface area contributed by atoms with Crippen molar-refractivity contribution in [2.24, 2.45) is 4.99 Å². The van der Waals surface area contributed by atoms with E-state index in [0.29, 0.717) is 40.8 Å². The highest BCUT2D eigenvalue weighted by molar-refractivity contribution is 7.16. The van der Waals surface area contributed by atoms with E-state index in [1.807, 2.05) is 28.8 Å². The van der Waals surface area contributed by atoms with Crippen LogP contribution in [-0.4, -0.2) is 45.5 Å². The summed E-state index contributed by atoms with van der Waals surface area (Å²) in [6.07, 6.45) is 0. The standard InChI is InChI=1S/C22H22N2O6S/c1-26-9-8-24-14-11-16(28-3)17(29-4)12-19(14)31-22(24)23-21(25)18-10-13-6-5-7-15(27-2)20(13)30-18/h5-7,10-12H,8-9H2,1-4H3. The molecule has 9 heteroatoms. The Morgan fingerprint density at radius 1 is 1.03 bits per heavy atom. The Morgan fingerprint density at radius 3 is 2.48 bits per heavy atom. The molecule has 1 amide bonds. The molecule has 0 saturated carbocycles. The Bertz CT molecular complexity index is 1320. The van der Waals surface area contributed by atoms with Gasteiger partial charge in [0, 0.05) is 31.2 Å². The molecule has 0 radical (unpaired) electrons. The first-order chi connectivity index (χ1) is 15.1. The number of nitrogens with zero attached hydrogens (tertiary/aromatic N) is 2. The van der Waals surface area contributed by atoms with Crippen molar-refractivity contribution in [3.63, 3.8) is 0 Å². The first kappa shape index (κ1) is 21.0. The summed E-state index contributed by atoms with van der Waals surface area (Å²) in [6.45, 7) is 0.982. The molecule has 4 aromatic rings. The SMILES string of the molecule is COCCn1c(=NC(=O)c2cc3cccc(OC)c3o2)sc2cc(OC)c(OC)cc21. The number of carbonyl (C=O) groups excluding carboxylic acids is 1. The van der Waals surface area contributed by atoms with Crippen LogP contribution in [0.25, 0.3) is 21.2 Å². The summed E-state index contributed by atoms with van der Waals surface area (Å²) in [4.78, 5) is 17.8. The fourth-order valence-corrected chi connectivity index (χ4v) is 4.39. The molecular weight excluding hydrogens is 420 g/mol. The number of hydrogen-bond acceptors (Lipinski definition) is 7. The molecule has 0 fully saturated rings. The van der Waals surface area contributed by atoms with Gasteiger partial charge in [0.1, 0.15) is 0 Å². The number of amides is 1. The Hall–Kier alpha value is -3.30. The van der Waals surface area contributed by atoms with Gasteiger partial charge in [-0.3, -0.25) is 4.79 Å². The zero-order chi connectivity index (χ0) is 22.0. The number of furan rings is 1. The van der Waals surface area contributed by atoms with Crippen molar-refractivity contribution in [2.45, 2.75) is 6.54 Å². The van der Waals surface area contributed by atoms with Crippen molar-refractivity contribution in [1.29, 1.82) is 0 Å². The van der Waals surface area contributed by atoms with E-state index in [2.05, 4.69) is 4.99 Å². The molecule has 4 rings (SSSR count). The topological polar surface area (TPSA) is 84.4 Å². The molecule has 0 spiro atoms.